The SMILES string of the molecule is CCOC(=O)C(=O)N(Cc1ccccc1)Cc1ncc(F)cc1C.Cc1cc(F)cnc1CN(Cc1ccccc1)C(=O)C(N)=O. The van der Waals surface area contributed by atoms with Crippen molar-refractivity contribution in [3.05, 3.63) is 130 Å². The molecule has 0 saturated carbocycles. The van der Waals surface area contributed by atoms with Gasteiger partial charge in [-0.1, -0.05) is 60.7 Å². The Morgan fingerprint density at radius 1 is 0.696 bits per heavy atom. The van der Waals surface area contributed by atoms with E-state index in [0.717, 1.165) is 23.5 Å². The highest BCUT2D eigenvalue weighted by atomic mass is 19.1. The van der Waals surface area contributed by atoms with Gasteiger partial charge in [-0.2, -0.15) is 0 Å². The van der Waals surface area contributed by atoms with Crippen LogP contribution in [0.15, 0.2) is 85.2 Å². The van der Waals surface area contributed by atoms with Crippen molar-refractivity contribution in [1.82, 2.24) is 19.8 Å². The number of carbonyl (C=O) groups excluding carboxylic acids is 4. The van der Waals surface area contributed by atoms with Crippen molar-refractivity contribution in [3.8, 4) is 0 Å². The average Bonchev–Trinajstić information content (AvgIpc) is 3.03. The number of nitrogens with zero attached hydrogens (tertiary/aromatic N) is 4. The van der Waals surface area contributed by atoms with Gasteiger partial charge in [-0.05, 0) is 55.2 Å². The molecule has 2 heterocycles. The van der Waals surface area contributed by atoms with E-state index < -0.39 is 35.3 Å². The van der Waals surface area contributed by atoms with Crippen LogP contribution in [0.1, 0.15) is 40.6 Å². The largest absolute Gasteiger partial charge is 0.459 e. The lowest BCUT2D eigenvalue weighted by molar-refractivity contribution is -0.160. The highest BCUT2D eigenvalue weighted by molar-refractivity contribution is 6.34. The number of hydrogen-bond donors (Lipinski definition) is 1. The van der Waals surface area contributed by atoms with Crippen LogP contribution in [0.2, 0.25) is 0 Å². The van der Waals surface area contributed by atoms with Crippen LogP contribution in [0.3, 0.4) is 0 Å². The van der Waals surface area contributed by atoms with Gasteiger partial charge in [-0.15, -0.1) is 0 Å². The van der Waals surface area contributed by atoms with E-state index in [1.165, 1.54) is 21.9 Å². The fourth-order valence-corrected chi connectivity index (χ4v) is 4.31. The van der Waals surface area contributed by atoms with Crippen molar-refractivity contribution in [2.24, 2.45) is 5.73 Å². The Kier molecular flexibility index (Phi) is 13.0. The number of halogens is 2. The molecule has 0 atom stereocenters. The fourth-order valence-electron chi connectivity index (χ4n) is 4.31. The van der Waals surface area contributed by atoms with Crippen molar-refractivity contribution >= 4 is 23.7 Å². The predicted octanol–water partition coefficient (Wildman–Crippen LogP) is 4.16. The Morgan fingerprint density at radius 2 is 1.11 bits per heavy atom. The zero-order valence-corrected chi connectivity index (χ0v) is 25.8. The van der Waals surface area contributed by atoms with Gasteiger partial charge in [-0.3, -0.25) is 24.4 Å². The molecule has 0 spiro atoms. The predicted molar refractivity (Wildman–Crippen MR) is 165 cm³/mol. The molecule has 0 saturated heterocycles. The van der Waals surface area contributed by atoms with Crippen LogP contribution >= 0.6 is 0 Å². The molecule has 0 unspecified atom stereocenters. The molecule has 0 bridgehead atoms. The molecule has 46 heavy (non-hydrogen) atoms. The van der Waals surface area contributed by atoms with Crippen molar-refractivity contribution < 1.29 is 32.7 Å². The molecule has 0 aliphatic carbocycles. The van der Waals surface area contributed by atoms with Gasteiger partial charge in [0.2, 0.25) is 0 Å². The number of esters is 1. The molecule has 2 aromatic carbocycles. The van der Waals surface area contributed by atoms with Gasteiger partial charge in [0.15, 0.2) is 0 Å². The van der Waals surface area contributed by atoms with E-state index in [-0.39, 0.29) is 32.8 Å². The Morgan fingerprint density at radius 3 is 1.48 bits per heavy atom. The summed E-state index contributed by atoms with van der Waals surface area (Å²) in [7, 11) is 0. The third kappa shape index (κ3) is 10.6. The minimum Gasteiger partial charge on any atom is -0.459 e. The molecule has 4 aromatic rings. The average molecular weight is 632 g/mol. The topological polar surface area (TPSA) is 136 Å². The van der Waals surface area contributed by atoms with Gasteiger partial charge in [-0.25, -0.2) is 13.6 Å². The molecule has 2 aromatic heterocycles. The summed E-state index contributed by atoms with van der Waals surface area (Å²) in [6, 6.07) is 21.2. The summed E-state index contributed by atoms with van der Waals surface area (Å²) in [5.74, 6) is -4.37. The Labute approximate surface area is 265 Å². The second-order valence-electron chi connectivity index (χ2n) is 10.2. The van der Waals surface area contributed by atoms with Gasteiger partial charge in [0, 0.05) is 13.1 Å². The minimum atomic E-state index is -1.03. The number of aromatic nitrogens is 2. The maximum atomic E-state index is 13.2. The number of pyridine rings is 2. The molecule has 3 amide bonds. The maximum absolute atomic E-state index is 13.2. The third-order valence-electron chi connectivity index (χ3n) is 6.66. The van der Waals surface area contributed by atoms with Crippen molar-refractivity contribution in [2.75, 3.05) is 6.61 Å². The smallest absolute Gasteiger partial charge is 0.397 e. The van der Waals surface area contributed by atoms with Gasteiger partial charge in [0.25, 0.3) is 0 Å². The lowest BCUT2D eigenvalue weighted by Gasteiger charge is -2.22. The number of amides is 3. The molecule has 0 aliphatic rings. The van der Waals surface area contributed by atoms with Crippen LogP contribution in [0.25, 0.3) is 0 Å². The van der Waals surface area contributed by atoms with Gasteiger partial charge in [0.05, 0.1) is 43.5 Å². The van der Waals surface area contributed by atoms with E-state index in [9.17, 15) is 28.0 Å². The summed E-state index contributed by atoms with van der Waals surface area (Å²) >= 11 is 0. The first-order valence-electron chi connectivity index (χ1n) is 14.3. The highest BCUT2D eigenvalue weighted by Crippen LogP contribution is 2.15. The van der Waals surface area contributed by atoms with Gasteiger partial charge < -0.3 is 20.3 Å². The second kappa shape index (κ2) is 17.1. The van der Waals surface area contributed by atoms with Crippen molar-refractivity contribution in [1.29, 1.82) is 0 Å². The number of rotatable bonds is 9. The number of benzene rings is 2. The van der Waals surface area contributed by atoms with Crippen LogP contribution in [-0.4, -0.2) is 50.1 Å². The molecular formula is C34H35F2N5O5. The number of ether oxygens (including phenoxy) is 1. The van der Waals surface area contributed by atoms with E-state index >= 15 is 0 Å². The molecule has 10 nitrogen and oxygen atoms in total. The van der Waals surface area contributed by atoms with Crippen LogP contribution in [0.4, 0.5) is 8.78 Å². The van der Waals surface area contributed by atoms with Crippen molar-refractivity contribution in [3.63, 3.8) is 0 Å². The van der Waals surface area contributed by atoms with Crippen molar-refractivity contribution in [2.45, 2.75) is 47.0 Å². The first kappa shape index (κ1) is 35.0. The zero-order valence-electron chi connectivity index (χ0n) is 25.8. The summed E-state index contributed by atoms with van der Waals surface area (Å²) < 4.78 is 31.1. The van der Waals surface area contributed by atoms with Crippen LogP contribution in [0, 0.1) is 25.5 Å². The minimum absolute atomic E-state index is 0.0861. The van der Waals surface area contributed by atoms with E-state index in [0.29, 0.717) is 22.5 Å². The third-order valence-corrected chi connectivity index (χ3v) is 6.66. The van der Waals surface area contributed by atoms with Crippen LogP contribution in [0.5, 0.6) is 0 Å². The van der Waals surface area contributed by atoms with E-state index in [2.05, 4.69) is 9.97 Å². The molecule has 4 rings (SSSR count). The molecule has 0 aliphatic heterocycles. The zero-order chi connectivity index (χ0) is 33.6. The number of carbonyl (C=O) groups is 4. The first-order valence-corrected chi connectivity index (χ1v) is 14.3. The standard InChI is InChI=1S/C18H19FN2O3.C16H16FN3O2/c1-3-24-18(23)17(22)21(11-14-7-5-4-6-8-14)12-16-13(2)9-15(19)10-20-16;1-11-7-13(17)8-19-14(11)10-20(16(22)15(18)21)9-12-5-3-2-4-6-12/h4-10H,3,11-12H2,1-2H3;2-8H,9-10H2,1H3,(H2,18,21). The fraction of sp³-hybridized carbons (Fsp3) is 0.235. The quantitative estimate of drug-likeness (QED) is 0.216. The molecular weight excluding hydrogens is 596 g/mol. The summed E-state index contributed by atoms with van der Waals surface area (Å²) in [5.41, 5.74) is 9.10. The monoisotopic (exact) mass is 631 g/mol. The highest BCUT2D eigenvalue weighted by Gasteiger charge is 2.25. The Bertz CT molecular complexity index is 1650. The summed E-state index contributed by atoms with van der Waals surface area (Å²) in [5, 5.41) is 0. The molecule has 0 radical (unpaired) electrons. The first-order chi connectivity index (χ1) is 22.0. The normalized spacial score (nSPS) is 10.3. The maximum Gasteiger partial charge on any atom is 0.397 e. The van der Waals surface area contributed by atoms with E-state index in [1.807, 2.05) is 60.7 Å². The van der Waals surface area contributed by atoms with Gasteiger partial charge in [0.1, 0.15) is 11.6 Å². The van der Waals surface area contributed by atoms with Crippen LogP contribution in [-0.2, 0) is 50.1 Å². The number of aryl methyl sites for hydroxylation is 2. The van der Waals surface area contributed by atoms with E-state index in [1.54, 1.807) is 20.8 Å². The summed E-state index contributed by atoms with van der Waals surface area (Å²) in [6.45, 7) is 5.80. The lowest BCUT2D eigenvalue weighted by Crippen LogP contribution is -2.39. The lowest BCUT2D eigenvalue weighted by atomic mass is 10.1. The Hall–Kier alpha value is -5.52. The summed E-state index contributed by atoms with van der Waals surface area (Å²) in [4.78, 5) is 58.0. The van der Waals surface area contributed by atoms with E-state index in [4.69, 9.17) is 10.5 Å². The molecule has 2 N–H and O–H groups in total. The second-order valence-corrected chi connectivity index (χ2v) is 10.2. The Balaban J connectivity index is 0.000000251. The number of hydrogen-bond acceptors (Lipinski definition) is 7. The molecule has 12 heteroatoms. The number of primary amides is 1. The molecule has 0 fully saturated rings. The number of nitrogens with two attached hydrogens (primary N) is 1. The van der Waals surface area contributed by atoms with Crippen LogP contribution < -0.4 is 5.73 Å². The summed E-state index contributed by atoms with van der Waals surface area (Å²) in [6.07, 6.45) is 2.18. The van der Waals surface area contributed by atoms with Gasteiger partial charge >= 0.3 is 23.7 Å². The molecule has 240 valence electrons.